The fraction of sp³-hybridized carbons (Fsp3) is 0.733. The van der Waals surface area contributed by atoms with Crippen LogP contribution in [0.15, 0.2) is 12.2 Å². The van der Waals surface area contributed by atoms with Crippen molar-refractivity contribution in [2.75, 3.05) is 0 Å². The highest BCUT2D eigenvalue weighted by molar-refractivity contribution is 5.91. The number of esters is 1. The SMILES string of the molecule is C=C(CC(=O)OC1CC(C)CCC1C(C)C)C(=O)O. The van der Waals surface area contributed by atoms with Crippen molar-refractivity contribution in [3.05, 3.63) is 12.2 Å². The second-order valence-electron chi connectivity index (χ2n) is 5.94. The van der Waals surface area contributed by atoms with Crippen LogP contribution in [0.1, 0.15) is 46.5 Å². The van der Waals surface area contributed by atoms with E-state index in [-0.39, 0.29) is 18.1 Å². The van der Waals surface area contributed by atoms with E-state index in [9.17, 15) is 9.59 Å². The predicted octanol–water partition coefficient (Wildman–Crippen LogP) is 3.02. The molecule has 3 atom stereocenters. The number of aliphatic carboxylic acids is 1. The van der Waals surface area contributed by atoms with Gasteiger partial charge in [0.2, 0.25) is 0 Å². The lowest BCUT2D eigenvalue weighted by molar-refractivity contribution is -0.156. The molecular formula is C15H24O4. The van der Waals surface area contributed by atoms with E-state index in [1.54, 1.807) is 0 Å². The molecule has 4 nitrogen and oxygen atoms in total. The summed E-state index contributed by atoms with van der Waals surface area (Å²) < 4.78 is 5.49. The number of carboxylic acid groups (broad SMARTS) is 1. The zero-order valence-electron chi connectivity index (χ0n) is 12.0. The van der Waals surface area contributed by atoms with Gasteiger partial charge in [-0.2, -0.15) is 0 Å². The highest BCUT2D eigenvalue weighted by Crippen LogP contribution is 2.35. The van der Waals surface area contributed by atoms with E-state index in [1.807, 2.05) is 0 Å². The third-order valence-electron chi connectivity index (χ3n) is 3.90. The maximum atomic E-state index is 11.8. The molecule has 19 heavy (non-hydrogen) atoms. The van der Waals surface area contributed by atoms with Crippen LogP contribution in [0.3, 0.4) is 0 Å². The normalized spacial score (nSPS) is 27.1. The van der Waals surface area contributed by atoms with Crippen molar-refractivity contribution in [2.45, 2.75) is 52.6 Å². The molecule has 0 heterocycles. The van der Waals surface area contributed by atoms with Crippen LogP contribution in [-0.2, 0) is 14.3 Å². The van der Waals surface area contributed by atoms with E-state index in [2.05, 4.69) is 27.4 Å². The molecule has 0 aromatic carbocycles. The molecule has 0 spiro atoms. The second-order valence-corrected chi connectivity index (χ2v) is 5.94. The van der Waals surface area contributed by atoms with Gasteiger partial charge in [0.15, 0.2) is 0 Å². The summed E-state index contributed by atoms with van der Waals surface area (Å²) in [5.74, 6) is -0.229. The number of carbonyl (C=O) groups is 2. The largest absolute Gasteiger partial charge is 0.478 e. The topological polar surface area (TPSA) is 63.6 Å². The lowest BCUT2D eigenvalue weighted by Crippen LogP contribution is -2.36. The van der Waals surface area contributed by atoms with Crippen molar-refractivity contribution in [3.63, 3.8) is 0 Å². The molecule has 108 valence electrons. The molecule has 1 aliphatic rings. The molecule has 0 aromatic rings. The smallest absolute Gasteiger partial charge is 0.331 e. The predicted molar refractivity (Wildman–Crippen MR) is 72.6 cm³/mol. The molecule has 0 amide bonds. The van der Waals surface area contributed by atoms with Gasteiger partial charge in [-0.05, 0) is 30.6 Å². The van der Waals surface area contributed by atoms with Crippen molar-refractivity contribution < 1.29 is 19.4 Å². The van der Waals surface area contributed by atoms with Crippen LogP contribution in [0.5, 0.6) is 0 Å². The Morgan fingerprint density at radius 3 is 2.53 bits per heavy atom. The Hall–Kier alpha value is -1.32. The lowest BCUT2D eigenvalue weighted by Gasteiger charge is -2.36. The quantitative estimate of drug-likeness (QED) is 0.615. The van der Waals surface area contributed by atoms with E-state index >= 15 is 0 Å². The summed E-state index contributed by atoms with van der Waals surface area (Å²) in [6, 6.07) is 0. The highest BCUT2D eigenvalue weighted by Gasteiger charge is 2.33. The molecule has 4 heteroatoms. The molecule has 0 aromatic heterocycles. The number of carboxylic acids is 1. The van der Waals surface area contributed by atoms with Gasteiger partial charge < -0.3 is 9.84 Å². The number of rotatable bonds is 5. The van der Waals surface area contributed by atoms with Crippen molar-refractivity contribution in [1.82, 2.24) is 0 Å². The molecule has 0 aliphatic heterocycles. The van der Waals surface area contributed by atoms with Gasteiger partial charge in [0.1, 0.15) is 6.10 Å². The first kappa shape index (κ1) is 15.7. The Balaban J connectivity index is 2.58. The Bertz CT molecular complexity index is 359. The number of hydrogen-bond donors (Lipinski definition) is 1. The number of carbonyl (C=O) groups excluding carboxylic acids is 1. The highest BCUT2D eigenvalue weighted by atomic mass is 16.5. The van der Waals surface area contributed by atoms with Gasteiger partial charge in [0.25, 0.3) is 0 Å². The molecule has 1 saturated carbocycles. The molecular weight excluding hydrogens is 244 g/mol. The van der Waals surface area contributed by atoms with Crippen LogP contribution in [0, 0.1) is 17.8 Å². The summed E-state index contributed by atoms with van der Waals surface area (Å²) in [6.45, 7) is 9.79. The minimum absolute atomic E-state index is 0.0853. The van der Waals surface area contributed by atoms with Gasteiger partial charge in [-0.1, -0.05) is 33.8 Å². The zero-order valence-corrected chi connectivity index (χ0v) is 12.0. The van der Waals surface area contributed by atoms with Crippen LogP contribution in [0.2, 0.25) is 0 Å². The van der Waals surface area contributed by atoms with Gasteiger partial charge in [0.05, 0.1) is 6.42 Å². The lowest BCUT2D eigenvalue weighted by atomic mass is 9.75. The Kier molecular flexibility index (Phi) is 5.58. The molecule has 1 aliphatic carbocycles. The van der Waals surface area contributed by atoms with Crippen molar-refractivity contribution in [3.8, 4) is 0 Å². The maximum absolute atomic E-state index is 11.8. The average molecular weight is 268 g/mol. The molecule has 1 rings (SSSR count). The van der Waals surface area contributed by atoms with E-state index in [4.69, 9.17) is 9.84 Å². The van der Waals surface area contributed by atoms with Gasteiger partial charge >= 0.3 is 11.9 Å². The van der Waals surface area contributed by atoms with E-state index in [1.165, 1.54) is 6.42 Å². The summed E-state index contributed by atoms with van der Waals surface area (Å²) in [5, 5.41) is 8.71. The average Bonchev–Trinajstić information content (AvgIpc) is 2.27. The summed E-state index contributed by atoms with van der Waals surface area (Å²) >= 11 is 0. The molecule has 3 unspecified atom stereocenters. The summed E-state index contributed by atoms with van der Waals surface area (Å²) in [6.07, 6.45) is 2.78. The maximum Gasteiger partial charge on any atom is 0.331 e. The van der Waals surface area contributed by atoms with Gasteiger partial charge in [0, 0.05) is 5.57 Å². The van der Waals surface area contributed by atoms with Gasteiger partial charge in [-0.3, -0.25) is 4.79 Å². The van der Waals surface area contributed by atoms with E-state index in [0.717, 1.165) is 12.8 Å². The molecule has 0 radical (unpaired) electrons. The van der Waals surface area contributed by atoms with Crippen molar-refractivity contribution in [2.24, 2.45) is 17.8 Å². The zero-order chi connectivity index (χ0) is 14.6. The summed E-state index contributed by atoms with van der Waals surface area (Å²) in [4.78, 5) is 22.4. The third-order valence-corrected chi connectivity index (χ3v) is 3.90. The summed E-state index contributed by atoms with van der Waals surface area (Å²) in [7, 11) is 0. The fourth-order valence-corrected chi connectivity index (χ4v) is 2.71. The Morgan fingerprint density at radius 1 is 1.37 bits per heavy atom. The minimum Gasteiger partial charge on any atom is -0.478 e. The Morgan fingerprint density at radius 2 is 2.00 bits per heavy atom. The van der Waals surface area contributed by atoms with Gasteiger partial charge in [-0.15, -0.1) is 0 Å². The van der Waals surface area contributed by atoms with E-state index < -0.39 is 11.9 Å². The summed E-state index contributed by atoms with van der Waals surface area (Å²) in [5.41, 5.74) is -0.116. The van der Waals surface area contributed by atoms with E-state index in [0.29, 0.717) is 17.8 Å². The molecule has 1 fully saturated rings. The van der Waals surface area contributed by atoms with Crippen LogP contribution in [-0.4, -0.2) is 23.1 Å². The Labute approximate surface area is 114 Å². The first-order valence-corrected chi connectivity index (χ1v) is 6.91. The molecule has 0 saturated heterocycles. The fourth-order valence-electron chi connectivity index (χ4n) is 2.71. The standard InChI is InChI=1S/C15H24O4/c1-9(2)12-6-5-10(3)7-13(12)19-14(16)8-11(4)15(17)18/h9-10,12-13H,4-8H2,1-3H3,(H,17,18). The third kappa shape index (κ3) is 4.69. The van der Waals surface area contributed by atoms with Crippen molar-refractivity contribution in [1.29, 1.82) is 0 Å². The van der Waals surface area contributed by atoms with Crippen LogP contribution in [0.4, 0.5) is 0 Å². The van der Waals surface area contributed by atoms with Gasteiger partial charge in [-0.25, -0.2) is 4.79 Å². The van der Waals surface area contributed by atoms with Crippen molar-refractivity contribution >= 4 is 11.9 Å². The first-order valence-electron chi connectivity index (χ1n) is 6.91. The monoisotopic (exact) mass is 268 g/mol. The molecule has 0 bridgehead atoms. The molecule has 1 N–H and O–H groups in total. The second kappa shape index (κ2) is 6.73. The number of hydrogen-bond acceptors (Lipinski definition) is 3. The first-order chi connectivity index (χ1) is 8.81. The number of ether oxygens (including phenoxy) is 1. The minimum atomic E-state index is -1.14. The van der Waals surface area contributed by atoms with Crippen LogP contribution in [0.25, 0.3) is 0 Å². The van der Waals surface area contributed by atoms with Crippen LogP contribution < -0.4 is 0 Å². The van der Waals surface area contributed by atoms with Crippen LogP contribution >= 0.6 is 0 Å².